The van der Waals surface area contributed by atoms with Gasteiger partial charge in [0.15, 0.2) is 12.0 Å². The van der Waals surface area contributed by atoms with Gasteiger partial charge in [0.1, 0.15) is 0 Å². The van der Waals surface area contributed by atoms with E-state index < -0.39 is 29.9 Å². The number of nitrogens with zero attached hydrogens (tertiary/aromatic N) is 4. The number of urea groups is 1. The predicted octanol–water partition coefficient (Wildman–Crippen LogP) is -1.72. The molecule has 0 radical (unpaired) electrons. The van der Waals surface area contributed by atoms with Gasteiger partial charge in [0.2, 0.25) is 5.91 Å². The molecule has 2 saturated heterocycles. The quantitative estimate of drug-likeness (QED) is 0.181. The van der Waals surface area contributed by atoms with Gasteiger partial charge in [-0.1, -0.05) is 6.92 Å². The molecule has 11 nitrogen and oxygen atoms in total. The van der Waals surface area contributed by atoms with Crippen molar-refractivity contribution in [3.8, 4) is 0 Å². The van der Waals surface area contributed by atoms with Crippen LogP contribution in [0.2, 0.25) is 0 Å². The predicted molar refractivity (Wildman–Crippen MR) is 101 cm³/mol. The summed E-state index contributed by atoms with van der Waals surface area (Å²) in [5.74, 6) is -2.34. The first kappa shape index (κ1) is 22.6. The number of likely N-dealkylation sites (N-methyl/N-ethyl adjacent to an activating group) is 1. The van der Waals surface area contributed by atoms with Crippen molar-refractivity contribution in [2.75, 3.05) is 46.3 Å². The van der Waals surface area contributed by atoms with Crippen molar-refractivity contribution in [3.05, 3.63) is 0 Å². The molecule has 0 aromatic heterocycles. The second-order valence-electron chi connectivity index (χ2n) is 6.25. The van der Waals surface area contributed by atoms with Gasteiger partial charge in [0.25, 0.3) is 0 Å². The number of aliphatic carboxylic acids is 1. The van der Waals surface area contributed by atoms with Crippen LogP contribution in [0, 0.1) is 5.92 Å². The van der Waals surface area contributed by atoms with Gasteiger partial charge < -0.3 is 32.1 Å². The Bertz CT molecular complexity index is 557. The van der Waals surface area contributed by atoms with Gasteiger partial charge in [-0.2, -0.15) is 0 Å². The Morgan fingerprint density at radius 1 is 1.19 bits per heavy atom. The van der Waals surface area contributed by atoms with Crippen LogP contribution >= 0.6 is 0 Å². The zero-order valence-electron chi connectivity index (χ0n) is 16.0. The van der Waals surface area contributed by atoms with Crippen LogP contribution in [0.15, 0.2) is 4.99 Å². The molecule has 0 spiro atoms. The number of aliphatic imine (C=N–C) groups is 1. The molecule has 1 unspecified atom stereocenters. The second-order valence-corrected chi connectivity index (χ2v) is 6.25. The highest BCUT2D eigenvalue weighted by molar-refractivity contribution is 6.07. The van der Waals surface area contributed by atoms with Crippen LogP contribution in [0.25, 0.3) is 0 Å². The van der Waals surface area contributed by atoms with Crippen molar-refractivity contribution in [2.45, 2.75) is 25.8 Å². The van der Waals surface area contributed by atoms with Crippen LogP contribution in [0.1, 0.15) is 19.8 Å². The van der Waals surface area contributed by atoms with Crippen molar-refractivity contribution >= 4 is 23.9 Å². The Balaban J connectivity index is 0.00000176. The zero-order valence-corrected chi connectivity index (χ0v) is 16.0. The van der Waals surface area contributed by atoms with Crippen LogP contribution in [0.4, 0.5) is 4.79 Å². The number of likely N-dealkylation sites (tertiary alicyclic amines) is 1. The molecular formula is C16H31N7O4. The fraction of sp³-hybridized carbons (Fsp3) is 0.750. The molecule has 11 heteroatoms. The number of carbonyl (C=O) groups excluding carboxylic acids is 2. The number of β-lactam (4-membered cyclic amide) rings is 1. The minimum Gasteiger partial charge on any atom is -0.480 e. The van der Waals surface area contributed by atoms with Crippen molar-refractivity contribution in [2.24, 2.45) is 28.1 Å². The third-order valence-electron chi connectivity index (χ3n) is 4.73. The molecule has 27 heavy (non-hydrogen) atoms. The number of hydrogen-bond donors (Lipinski definition) is 4. The topological polar surface area (TPSA) is 172 Å². The van der Waals surface area contributed by atoms with Crippen LogP contribution in [-0.4, -0.2) is 96.0 Å². The molecule has 2 heterocycles. The second kappa shape index (κ2) is 10.7. The van der Waals surface area contributed by atoms with Crippen LogP contribution < -0.4 is 17.2 Å². The lowest BCUT2D eigenvalue weighted by molar-refractivity contribution is -0.167. The lowest BCUT2D eigenvalue weighted by Crippen LogP contribution is -2.69. The van der Waals surface area contributed by atoms with Crippen molar-refractivity contribution in [3.63, 3.8) is 0 Å². The fourth-order valence-electron chi connectivity index (χ4n) is 3.25. The number of amides is 3. The van der Waals surface area contributed by atoms with Crippen LogP contribution in [-0.2, 0) is 9.59 Å². The molecule has 0 aromatic carbocycles. The first-order valence-corrected chi connectivity index (χ1v) is 9.07. The molecule has 0 bridgehead atoms. The Kier molecular flexibility index (Phi) is 8.95. The lowest BCUT2D eigenvalue weighted by atomic mass is 9.84. The normalized spacial score (nSPS) is 22.4. The fourth-order valence-corrected chi connectivity index (χ4v) is 3.25. The Morgan fingerprint density at radius 2 is 1.78 bits per heavy atom. The van der Waals surface area contributed by atoms with Gasteiger partial charge in [0, 0.05) is 32.7 Å². The summed E-state index contributed by atoms with van der Waals surface area (Å²) in [5, 5.41) is 9.42. The summed E-state index contributed by atoms with van der Waals surface area (Å²) in [6.45, 7) is 5.72. The van der Waals surface area contributed by atoms with Crippen molar-refractivity contribution in [1.82, 2.24) is 14.7 Å². The van der Waals surface area contributed by atoms with Gasteiger partial charge in [-0.05, 0) is 26.4 Å². The summed E-state index contributed by atoms with van der Waals surface area (Å²) in [4.78, 5) is 44.9. The Labute approximate surface area is 159 Å². The first-order chi connectivity index (χ1) is 12.9. The molecule has 2 aliphatic heterocycles. The van der Waals surface area contributed by atoms with Gasteiger partial charge in [-0.25, -0.2) is 14.5 Å². The third kappa shape index (κ3) is 5.54. The maximum Gasteiger partial charge on any atom is 0.327 e. The largest absolute Gasteiger partial charge is 0.480 e. The van der Waals surface area contributed by atoms with E-state index in [9.17, 15) is 19.5 Å². The highest BCUT2D eigenvalue weighted by atomic mass is 16.4. The van der Waals surface area contributed by atoms with E-state index in [1.54, 1.807) is 4.90 Å². The van der Waals surface area contributed by atoms with Gasteiger partial charge in [0.05, 0.1) is 5.92 Å². The summed E-state index contributed by atoms with van der Waals surface area (Å²) in [6.07, 6.45) is 0.815. The van der Waals surface area contributed by atoms with E-state index in [1.807, 2.05) is 6.92 Å². The number of hydrogen-bond acceptors (Lipinski definition) is 6. The highest BCUT2D eigenvalue weighted by Gasteiger charge is 2.55. The molecule has 0 aliphatic carbocycles. The lowest BCUT2D eigenvalue weighted by Gasteiger charge is -2.46. The maximum absolute atomic E-state index is 12.6. The molecular weight excluding hydrogens is 354 g/mol. The smallest absolute Gasteiger partial charge is 0.327 e. The number of rotatable bonds is 6. The standard InChI is InChI=1S/C15H26N6O4.CH5N/c1-2-19-6-8-20(9-7-19)15(25)21-11(13(23)24)10(12(21)22)4-3-5-18-14(16)17;1-2/h10-11H,2-9H2,1H3,(H,23,24)(H4,16,17,18);2H2,1H3/t10-,11?;/m1./s1. The number of carbonyl (C=O) groups is 3. The van der Waals surface area contributed by atoms with Gasteiger partial charge in [-0.3, -0.25) is 9.79 Å². The van der Waals surface area contributed by atoms with E-state index in [4.69, 9.17) is 11.5 Å². The number of carboxylic acid groups (broad SMARTS) is 1. The van der Waals surface area contributed by atoms with Crippen LogP contribution in [0.3, 0.4) is 0 Å². The number of nitrogens with two attached hydrogens (primary N) is 3. The Morgan fingerprint density at radius 3 is 2.26 bits per heavy atom. The molecule has 2 atom stereocenters. The molecule has 2 aliphatic rings. The molecule has 2 fully saturated rings. The van der Waals surface area contributed by atoms with E-state index in [-0.39, 0.29) is 5.96 Å². The van der Waals surface area contributed by atoms with E-state index in [0.717, 1.165) is 24.5 Å². The first-order valence-electron chi connectivity index (χ1n) is 9.07. The van der Waals surface area contributed by atoms with E-state index in [2.05, 4.69) is 15.6 Å². The molecule has 2 rings (SSSR count). The Hall–Kier alpha value is -2.40. The van der Waals surface area contributed by atoms with Gasteiger partial charge >= 0.3 is 12.0 Å². The molecule has 0 saturated carbocycles. The van der Waals surface area contributed by atoms with Crippen molar-refractivity contribution < 1.29 is 19.5 Å². The SMILES string of the molecule is CCN1CCN(C(=O)N2C(=O)[C@H](CCCN=C(N)N)C2C(=O)O)CC1.CN. The van der Waals surface area contributed by atoms with Crippen LogP contribution in [0.5, 0.6) is 0 Å². The summed E-state index contributed by atoms with van der Waals surface area (Å²) in [7, 11) is 1.50. The number of imide groups is 1. The van der Waals surface area contributed by atoms with E-state index >= 15 is 0 Å². The van der Waals surface area contributed by atoms with Crippen molar-refractivity contribution in [1.29, 1.82) is 0 Å². The minimum atomic E-state index is -1.16. The molecule has 154 valence electrons. The summed E-state index contributed by atoms with van der Waals surface area (Å²) in [6, 6.07) is -1.61. The minimum absolute atomic E-state index is 0.0438. The average molecular weight is 385 g/mol. The summed E-state index contributed by atoms with van der Waals surface area (Å²) < 4.78 is 0. The highest BCUT2D eigenvalue weighted by Crippen LogP contribution is 2.32. The van der Waals surface area contributed by atoms with E-state index in [1.165, 1.54) is 7.05 Å². The average Bonchev–Trinajstić information content (AvgIpc) is 2.66. The third-order valence-corrected chi connectivity index (χ3v) is 4.73. The summed E-state index contributed by atoms with van der Waals surface area (Å²) in [5.41, 5.74) is 15.0. The molecule has 0 aromatic rings. The number of carboxylic acids is 1. The van der Waals surface area contributed by atoms with Gasteiger partial charge in [-0.15, -0.1) is 0 Å². The number of guanidine groups is 1. The van der Waals surface area contributed by atoms with E-state index in [0.29, 0.717) is 32.5 Å². The molecule has 3 amide bonds. The number of piperazine rings is 1. The molecule has 7 N–H and O–H groups in total. The maximum atomic E-state index is 12.6. The zero-order chi connectivity index (χ0) is 20.6. The monoisotopic (exact) mass is 385 g/mol. The summed E-state index contributed by atoms with van der Waals surface area (Å²) >= 11 is 0.